The Morgan fingerprint density at radius 2 is 2.19 bits per heavy atom. The number of hydrogen-bond acceptors (Lipinski definition) is 3. The molecule has 0 fully saturated rings. The summed E-state index contributed by atoms with van der Waals surface area (Å²) in [6, 6.07) is 2.06. The van der Waals surface area contributed by atoms with Gasteiger partial charge in [0.2, 0.25) is 0 Å². The minimum absolute atomic E-state index is 0.571. The second kappa shape index (κ2) is 6.71. The molecule has 0 aliphatic rings. The van der Waals surface area contributed by atoms with Gasteiger partial charge in [-0.1, -0.05) is 13.8 Å². The first-order valence-corrected chi connectivity index (χ1v) is 6.00. The smallest absolute Gasteiger partial charge is 0.130 e. The summed E-state index contributed by atoms with van der Waals surface area (Å²) >= 11 is 0. The highest BCUT2D eigenvalue weighted by molar-refractivity contribution is 5.19. The van der Waals surface area contributed by atoms with Gasteiger partial charge in [0.25, 0.3) is 0 Å². The molecule has 3 heteroatoms. The van der Waals surface area contributed by atoms with Crippen molar-refractivity contribution in [2.24, 2.45) is 5.92 Å². The van der Waals surface area contributed by atoms with Gasteiger partial charge in [-0.15, -0.1) is 0 Å². The standard InChI is InChI=1S/C13H23NO2/c1-5-15-9-12-6-11(4)13(16-12)8-14-7-10(2)3/h6,10,14H,5,7-9H2,1-4H3. The maximum absolute atomic E-state index is 5.71. The molecule has 1 N–H and O–H groups in total. The fourth-order valence-electron chi connectivity index (χ4n) is 1.51. The van der Waals surface area contributed by atoms with Gasteiger partial charge in [0, 0.05) is 6.61 Å². The molecular formula is C13H23NO2. The average Bonchev–Trinajstić information content (AvgIpc) is 2.56. The third kappa shape index (κ3) is 4.37. The van der Waals surface area contributed by atoms with Crippen LogP contribution in [0.1, 0.15) is 37.9 Å². The third-order valence-corrected chi connectivity index (χ3v) is 2.36. The summed E-state index contributed by atoms with van der Waals surface area (Å²) in [5, 5.41) is 3.38. The molecule has 0 aromatic carbocycles. The summed E-state index contributed by atoms with van der Waals surface area (Å²) in [7, 11) is 0. The van der Waals surface area contributed by atoms with Crippen LogP contribution in [0, 0.1) is 12.8 Å². The Morgan fingerprint density at radius 1 is 1.44 bits per heavy atom. The number of hydrogen-bond donors (Lipinski definition) is 1. The predicted molar refractivity (Wildman–Crippen MR) is 65.3 cm³/mol. The summed E-state index contributed by atoms with van der Waals surface area (Å²) in [4.78, 5) is 0. The lowest BCUT2D eigenvalue weighted by molar-refractivity contribution is 0.117. The fraction of sp³-hybridized carbons (Fsp3) is 0.692. The van der Waals surface area contributed by atoms with E-state index in [1.165, 1.54) is 5.56 Å². The highest BCUT2D eigenvalue weighted by Crippen LogP contribution is 2.15. The predicted octanol–water partition coefficient (Wildman–Crippen LogP) is 2.87. The Bertz CT molecular complexity index is 305. The van der Waals surface area contributed by atoms with Gasteiger partial charge in [0.1, 0.15) is 18.1 Å². The number of nitrogens with one attached hydrogen (secondary N) is 1. The first kappa shape index (κ1) is 13.3. The van der Waals surface area contributed by atoms with Gasteiger partial charge in [-0.05, 0) is 37.9 Å². The number of furan rings is 1. The van der Waals surface area contributed by atoms with Gasteiger partial charge in [0.05, 0.1) is 6.54 Å². The van der Waals surface area contributed by atoms with E-state index < -0.39 is 0 Å². The van der Waals surface area contributed by atoms with Crippen molar-refractivity contribution < 1.29 is 9.15 Å². The largest absolute Gasteiger partial charge is 0.462 e. The molecule has 0 radical (unpaired) electrons. The zero-order valence-electron chi connectivity index (χ0n) is 10.8. The van der Waals surface area contributed by atoms with Crippen LogP contribution in [0.4, 0.5) is 0 Å². The molecule has 0 spiro atoms. The van der Waals surface area contributed by atoms with Crippen LogP contribution in [0.25, 0.3) is 0 Å². The molecule has 0 atom stereocenters. The van der Waals surface area contributed by atoms with Crippen molar-refractivity contribution in [3.8, 4) is 0 Å². The van der Waals surface area contributed by atoms with Crippen LogP contribution in [0.5, 0.6) is 0 Å². The molecule has 1 rings (SSSR count). The summed E-state index contributed by atoms with van der Waals surface area (Å²) in [5.41, 5.74) is 1.20. The van der Waals surface area contributed by atoms with Gasteiger partial charge < -0.3 is 14.5 Å². The van der Waals surface area contributed by atoms with Gasteiger partial charge >= 0.3 is 0 Å². The molecule has 0 aliphatic heterocycles. The maximum atomic E-state index is 5.71. The van der Waals surface area contributed by atoms with Crippen molar-refractivity contribution in [1.82, 2.24) is 5.32 Å². The molecule has 1 aromatic rings. The summed E-state index contributed by atoms with van der Waals surface area (Å²) < 4.78 is 11.0. The second-order valence-electron chi connectivity index (χ2n) is 4.48. The third-order valence-electron chi connectivity index (χ3n) is 2.36. The SMILES string of the molecule is CCOCc1cc(C)c(CNCC(C)C)o1. The maximum Gasteiger partial charge on any atom is 0.130 e. The van der Waals surface area contributed by atoms with Crippen molar-refractivity contribution in [2.45, 2.75) is 40.8 Å². The Morgan fingerprint density at radius 3 is 2.81 bits per heavy atom. The van der Waals surface area contributed by atoms with E-state index in [-0.39, 0.29) is 0 Å². The van der Waals surface area contributed by atoms with Crippen LogP contribution in [0.15, 0.2) is 10.5 Å². The summed E-state index contributed by atoms with van der Waals surface area (Å²) in [6.45, 7) is 11.6. The summed E-state index contributed by atoms with van der Waals surface area (Å²) in [5.74, 6) is 2.61. The first-order chi connectivity index (χ1) is 7.63. The lowest BCUT2D eigenvalue weighted by Crippen LogP contribution is -2.18. The molecule has 92 valence electrons. The summed E-state index contributed by atoms with van der Waals surface area (Å²) in [6.07, 6.45) is 0. The van der Waals surface area contributed by atoms with Crippen molar-refractivity contribution in [3.63, 3.8) is 0 Å². The van der Waals surface area contributed by atoms with Gasteiger partial charge in [-0.25, -0.2) is 0 Å². The van der Waals surface area contributed by atoms with Crippen LogP contribution < -0.4 is 5.32 Å². The molecule has 0 saturated heterocycles. The molecule has 0 unspecified atom stereocenters. The van der Waals surface area contributed by atoms with Crippen LogP contribution in [-0.4, -0.2) is 13.2 Å². The monoisotopic (exact) mass is 225 g/mol. The van der Waals surface area contributed by atoms with Crippen LogP contribution in [0.2, 0.25) is 0 Å². The average molecular weight is 225 g/mol. The fourth-order valence-corrected chi connectivity index (χ4v) is 1.51. The highest BCUT2D eigenvalue weighted by Gasteiger charge is 2.07. The van der Waals surface area contributed by atoms with Crippen LogP contribution in [0.3, 0.4) is 0 Å². The lowest BCUT2D eigenvalue weighted by Gasteiger charge is -2.05. The molecule has 1 aromatic heterocycles. The quantitative estimate of drug-likeness (QED) is 0.775. The molecule has 0 aliphatic carbocycles. The van der Waals surface area contributed by atoms with Crippen molar-refractivity contribution in [1.29, 1.82) is 0 Å². The van der Waals surface area contributed by atoms with E-state index in [9.17, 15) is 0 Å². The highest BCUT2D eigenvalue weighted by atomic mass is 16.5. The van der Waals surface area contributed by atoms with Crippen molar-refractivity contribution >= 4 is 0 Å². The number of ether oxygens (including phenoxy) is 1. The molecule has 3 nitrogen and oxygen atoms in total. The lowest BCUT2D eigenvalue weighted by atomic mass is 10.2. The Balaban J connectivity index is 2.43. The molecule has 0 amide bonds. The number of rotatable bonds is 7. The van der Waals surface area contributed by atoms with E-state index in [0.29, 0.717) is 12.5 Å². The van der Waals surface area contributed by atoms with E-state index in [0.717, 1.165) is 31.2 Å². The first-order valence-electron chi connectivity index (χ1n) is 6.00. The van der Waals surface area contributed by atoms with Crippen molar-refractivity contribution in [2.75, 3.05) is 13.2 Å². The second-order valence-corrected chi connectivity index (χ2v) is 4.48. The molecule has 16 heavy (non-hydrogen) atoms. The van der Waals surface area contributed by atoms with Gasteiger partial charge in [-0.2, -0.15) is 0 Å². The molecule has 1 heterocycles. The molecule has 0 saturated carbocycles. The molecular weight excluding hydrogens is 202 g/mol. The van der Waals surface area contributed by atoms with E-state index in [4.69, 9.17) is 9.15 Å². The molecule has 0 bridgehead atoms. The zero-order chi connectivity index (χ0) is 12.0. The minimum atomic E-state index is 0.571. The topological polar surface area (TPSA) is 34.4 Å². The van der Waals surface area contributed by atoms with Crippen molar-refractivity contribution in [3.05, 3.63) is 23.2 Å². The minimum Gasteiger partial charge on any atom is -0.462 e. The van der Waals surface area contributed by atoms with Gasteiger partial charge in [-0.3, -0.25) is 0 Å². The van der Waals surface area contributed by atoms with E-state index in [2.05, 4.69) is 32.2 Å². The van der Waals surface area contributed by atoms with E-state index >= 15 is 0 Å². The van der Waals surface area contributed by atoms with E-state index in [1.54, 1.807) is 0 Å². The zero-order valence-corrected chi connectivity index (χ0v) is 10.8. The van der Waals surface area contributed by atoms with E-state index in [1.807, 2.05) is 6.92 Å². The Labute approximate surface area is 98.2 Å². The Kier molecular flexibility index (Phi) is 5.56. The Hall–Kier alpha value is -0.800. The van der Waals surface area contributed by atoms with Gasteiger partial charge in [0.15, 0.2) is 0 Å². The normalized spacial score (nSPS) is 11.3. The van der Waals surface area contributed by atoms with Crippen LogP contribution in [-0.2, 0) is 17.9 Å². The van der Waals surface area contributed by atoms with Crippen LogP contribution >= 0.6 is 0 Å². The number of aryl methyl sites for hydroxylation is 1.